The van der Waals surface area contributed by atoms with Crippen molar-refractivity contribution in [1.82, 2.24) is 14.7 Å². The topological polar surface area (TPSA) is 47.4 Å². The summed E-state index contributed by atoms with van der Waals surface area (Å²) in [5.74, 6) is 0.823. The average molecular weight is 464 g/mol. The van der Waals surface area contributed by atoms with E-state index in [1.165, 1.54) is 11.8 Å². The van der Waals surface area contributed by atoms with Gasteiger partial charge in [-0.25, -0.2) is 4.68 Å². The zero-order valence-electron chi connectivity index (χ0n) is 18.4. The van der Waals surface area contributed by atoms with Crippen molar-refractivity contribution in [3.8, 4) is 22.7 Å². The highest BCUT2D eigenvalue weighted by atomic mass is 32.2. The van der Waals surface area contributed by atoms with Crippen molar-refractivity contribution in [1.29, 1.82) is 0 Å². The van der Waals surface area contributed by atoms with Crippen molar-refractivity contribution in [3.05, 3.63) is 70.8 Å². The highest BCUT2D eigenvalue weighted by molar-refractivity contribution is 8.26. The van der Waals surface area contributed by atoms with Crippen LogP contribution in [0.5, 0.6) is 5.75 Å². The lowest BCUT2D eigenvalue weighted by Crippen LogP contribution is -2.28. The molecule has 3 aromatic rings. The van der Waals surface area contributed by atoms with Gasteiger partial charge in [-0.1, -0.05) is 49.1 Å². The Balaban J connectivity index is 1.80. The quantitative estimate of drug-likeness (QED) is 0.325. The Labute approximate surface area is 198 Å². The summed E-state index contributed by atoms with van der Waals surface area (Å²) in [5.41, 5.74) is 4.64. The van der Waals surface area contributed by atoms with E-state index in [2.05, 4.69) is 6.07 Å². The molecule has 1 amide bonds. The molecule has 0 unspecified atom stereocenters. The van der Waals surface area contributed by atoms with E-state index in [-0.39, 0.29) is 5.91 Å². The number of nitrogens with zero attached hydrogens (tertiary/aromatic N) is 3. The number of hydrogen-bond acceptors (Lipinski definition) is 5. The molecule has 0 atom stereocenters. The summed E-state index contributed by atoms with van der Waals surface area (Å²) in [6.07, 6.45) is 4.73. The van der Waals surface area contributed by atoms with Crippen LogP contribution in [0.4, 0.5) is 0 Å². The second-order valence-corrected chi connectivity index (χ2v) is 9.14. The van der Waals surface area contributed by atoms with E-state index >= 15 is 0 Å². The van der Waals surface area contributed by atoms with Gasteiger partial charge in [0.1, 0.15) is 15.8 Å². The van der Waals surface area contributed by atoms with Crippen LogP contribution in [-0.4, -0.2) is 38.1 Å². The fourth-order valence-corrected chi connectivity index (χ4v) is 4.90. The van der Waals surface area contributed by atoms with E-state index in [4.69, 9.17) is 22.1 Å². The molecule has 1 aromatic heterocycles. The number of benzene rings is 2. The largest absolute Gasteiger partial charge is 0.494 e. The van der Waals surface area contributed by atoms with Gasteiger partial charge >= 0.3 is 0 Å². The predicted octanol–water partition coefficient (Wildman–Crippen LogP) is 5.86. The van der Waals surface area contributed by atoms with Crippen molar-refractivity contribution in [3.63, 3.8) is 0 Å². The Bertz CT molecular complexity index is 1190. The van der Waals surface area contributed by atoms with E-state index in [1.807, 2.05) is 80.2 Å². The maximum Gasteiger partial charge on any atom is 0.266 e. The Hall–Kier alpha value is -2.90. The summed E-state index contributed by atoms with van der Waals surface area (Å²) in [4.78, 5) is 15.2. The molecule has 32 heavy (non-hydrogen) atoms. The number of hydrogen-bond donors (Lipinski definition) is 0. The Morgan fingerprint density at radius 3 is 2.62 bits per heavy atom. The molecule has 7 heteroatoms. The van der Waals surface area contributed by atoms with E-state index in [0.29, 0.717) is 22.4 Å². The van der Waals surface area contributed by atoms with Crippen molar-refractivity contribution in [2.75, 3.05) is 13.2 Å². The molecule has 4 rings (SSSR count). The number of aromatic nitrogens is 2. The first-order chi connectivity index (χ1) is 15.5. The maximum absolute atomic E-state index is 12.9. The second-order valence-electron chi connectivity index (χ2n) is 7.46. The molecule has 0 spiro atoms. The van der Waals surface area contributed by atoms with Gasteiger partial charge in [0, 0.05) is 23.9 Å². The summed E-state index contributed by atoms with van der Waals surface area (Å²) in [6.45, 7) is 7.29. The highest BCUT2D eigenvalue weighted by Crippen LogP contribution is 2.35. The molecular formula is C25H25N3O2S2. The van der Waals surface area contributed by atoms with Gasteiger partial charge < -0.3 is 4.74 Å². The first-order valence-electron chi connectivity index (χ1n) is 10.7. The normalized spacial score (nSPS) is 15.1. The van der Waals surface area contributed by atoms with E-state index < -0.39 is 0 Å². The summed E-state index contributed by atoms with van der Waals surface area (Å²) < 4.78 is 8.15. The van der Waals surface area contributed by atoms with Gasteiger partial charge in [0.25, 0.3) is 5.91 Å². The number of aryl methyl sites for hydroxylation is 1. The van der Waals surface area contributed by atoms with Gasteiger partial charge in [0.2, 0.25) is 0 Å². The van der Waals surface area contributed by atoms with Crippen LogP contribution in [0.3, 0.4) is 0 Å². The fourth-order valence-electron chi connectivity index (χ4n) is 3.60. The predicted molar refractivity (Wildman–Crippen MR) is 135 cm³/mol. The average Bonchev–Trinajstić information content (AvgIpc) is 3.33. The standard InChI is InChI=1S/C25H25N3O2S2/c1-4-13-27-24(29)22(32-25(27)31)15-19-16-28(20-9-7-6-8-10-20)26-23(19)18-11-12-21(30-5-2)17(3)14-18/h6-12,14-16H,4-5,13H2,1-3H3/b22-15+. The molecular weight excluding hydrogens is 438 g/mol. The van der Waals surface area contributed by atoms with Gasteiger partial charge in [0.05, 0.1) is 17.2 Å². The van der Waals surface area contributed by atoms with Crippen molar-refractivity contribution in [2.45, 2.75) is 27.2 Å². The van der Waals surface area contributed by atoms with Gasteiger partial charge in [-0.15, -0.1) is 0 Å². The number of thiocarbonyl (C=S) groups is 1. The number of para-hydroxylation sites is 1. The van der Waals surface area contributed by atoms with E-state index in [9.17, 15) is 4.79 Å². The molecule has 1 fully saturated rings. The Kier molecular flexibility index (Phi) is 6.77. The third-order valence-electron chi connectivity index (χ3n) is 5.12. The zero-order valence-corrected chi connectivity index (χ0v) is 20.0. The smallest absolute Gasteiger partial charge is 0.266 e. The van der Waals surface area contributed by atoms with Crippen LogP contribution in [0.2, 0.25) is 0 Å². The SMILES string of the molecule is CCCN1C(=O)/C(=C\c2cn(-c3ccccc3)nc2-c2ccc(OCC)c(C)c2)SC1=S. The zero-order chi connectivity index (χ0) is 22.7. The molecule has 0 bridgehead atoms. The minimum Gasteiger partial charge on any atom is -0.494 e. The molecule has 2 heterocycles. The number of amides is 1. The first kappa shape index (κ1) is 22.3. The first-order valence-corrected chi connectivity index (χ1v) is 11.9. The summed E-state index contributed by atoms with van der Waals surface area (Å²) >= 11 is 6.78. The van der Waals surface area contributed by atoms with Gasteiger partial charge in [-0.05, 0) is 62.2 Å². The number of rotatable bonds is 7. The minimum absolute atomic E-state index is 0.0388. The summed E-state index contributed by atoms with van der Waals surface area (Å²) in [7, 11) is 0. The van der Waals surface area contributed by atoms with Gasteiger partial charge in [-0.3, -0.25) is 9.69 Å². The number of thioether (sulfide) groups is 1. The third kappa shape index (κ3) is 4.49. The Morgan fingerprint density at radius 1 is 1.16 bits per heavy atom. The lowest BCUT2D eigenvalue weighted by Gasteiger charge is -2.11. The third-order valence-corrected chi connectivity index (χ3v) is 6.50. The maximum atomic E-state index is 12.9. The Morgan fingerprint density at radius 2 is 1.94 bits per heavy atom. The van der Waals surface area contributed by atoms with Crippen LogP contribution < -0.4 is 4.74 Å². The van der Waals surface area contributed by atoms with Crippen molar-refractivity contribution >= 4 is 40.3 Å². The highest BCUT2D eigenvalue weighted by Gasteiger charge is 2.31. The number of carbonyl (C=O) groups excluding carboxylic acids is 1. The van der Waals surface area contributed by atoms with E-state index in [0.717, 1.165) is 40.2 Å². The molecule has 0 aliphatic carbocycles. The molecule has 164 valence electrons. The summed E-state index contributed by atoms with van der Waals surface area (Å²) in [6, 6.07) is 16.0. The van der Waals surface area contributed by atoms with E-state index in [1.54, 1.807) is 4.90 Å². The van der Waals surface area contributed by atoms with Crippen LogP contribution in [-0.2, 0) is 4.79 Å². The molecule has 1 saturated heterocycles. The number of carbonyl (C=O) groups is 1. The lowest BCUT2D eigenvalue weighted by atomic mass is 10.0. The fraction of sp³-hybridized carbons (Fsp3) is 0.240. The summed E-state index contributed by atoms with van der Waals surface area (Å²) in [5, 5.41) is 4.87. The van der Waals surface area contributed by atoms with Crippen LogP contribution in [0.1, 0.15) is 31.4 Å². The van der Waals surface area contributed by atoms with Crippen LogP contribution in [0, 0.1) is 6.92 Å². The molecule has 0 radical (unpaired) electrons. The molecule has 1 aliphatic rings. The van der Waals surface area contributed by atoms with Crippen LogP contribution in [0.25, 0.3) is 23.0 Å². The van der Waals surface area contributed by atoms with Crippen LogP contribution in [0.15, 0.2) is 59.6 Å². The molecule has 0 N–H and O–H groups in total. The molecule has 1 aliphatic heterocycles. The van der Waals surface area contributed by atoms with Gasteiger partial charge in [0.15, 0.2) is 0 Å². The van der Waals surface area contributed by atoms with Gasteiger partial charge in [-0.2, -0.15) is 5.10 Å². The molecule has 2 aromatic carbocycles. The molecule has 0 saturated carbocycles. The minimum atomic E-state index is -0.0388. The number of ether oxygens (including phenoxy) is 1. The van der Waals surface area contributed by atoms with Crippen molar-refractivity contribution in [2.24, 2.45) is 0 Å². The molecule has 5 nitrogen and oxygen atoms in total. The second kappa shape index (κ2) is 9.71. The monoisotopic (exact) mass is 463 g/mol. The lowest BCUT2D eigenvalue weighted by molar-refractivity contribution is -0.122. The van der Waals surface area contributed by atoms with Crippen LogP contribution >= 0.6 is 24.0 Å². The van der Waals surface area contributed by atoms with Crippen molar-refractivity contribution < 1.29 is 9.53 Å².